The molecule has 0 amide bonds. The lowest BCUT2D eigenvalue weighted by Crippen LogP contribution is -3.20. The summed E-state index contributed by atoms with van der Waals surface area (Å²) < 4.78 is 11.7. The number of benzene rings is 1. The molecule has 1 heterocycles. The highest BCUT2D eigenvalue weighted by Crippen LogP contribution is 2.27. The zero-order valence-electron chi connectivity index (χ0n) is 14.4. The lowest BCUT2D eigenvalue weighted by atomic mass is 10.0. The minimum absolute atomic E-state index is 0.482. The molecular formula is C18H32N2O2+2. The summed E-state index contributed by atoms with van der Waals surface area (Å²) in [5.41, 5.74) is 2.52. The molecule has 1 aromatic rings. The Labute approximate surface area is 134 Å². The van der Waals surface area contributed by atoms with Crippen molar-refractivity contribution in [2.45, 2.75) is 26.7 Å². The van der Waals surface area contributed by atoms with Gasteiger partial charge in [0.25, 0.3) is 0 Å². The van der Waals surface area contributed by atoms with E-state index in [1.165, 1.54) is 37.3 Å². The summed E-state index contributed by atoms with van der Waals surface area (Å²) in [5, 5.41) is 2.40. The summed E-state index contributed by atoms with van der Waals surface area (Å²) in [6.07, 6.45) is 0. The highest BCUT2D eigenvalue weighted by molar-refractivity contribution is 5.39. The summed E-state index contributed by atoms with van der Waals surface area (Å²) in [6, 6.07) is 6.45. The molecule has 1 aliphatic heterocycles. The minimum Gasteiger partial charge on any atom is -0.491 e. The number of aryl methyl sites for hydroxylation is 1. The Morgan fingerprint density at radius 2 is 1.91 bits per heavy atom. The Kier molecular flexibility index (Phi) is 7.16. The van der Waals surface area contributed by atoms with Crippen LogP contribution in [0.3, 0.4) is 0 Å². The maximum Gasteiger partial charge on any atom is 0.127 e. The zero-order valence-corrected chi connectivity index (χ0v) is 14.4. The molecule has 0 radical (unpaired) electrons. The fourth-order valence-corrected chi connectivity index (χ4v) is 2.90. The maximum atomic E-state index is 5.93. The van der Waals surface area contributed by atoms with Crippen LogP contribution in [0.15, 0.2) is 18.2 Å². The minimum atomic E-state index is 0.482. The first-order valence-electron chi connectivity index (χ1n) is 8.63. The van der Waals surface area contributed by atoms with Crippen LogP contribution < -0.4 is 15.0 Å². The van der Waals surface area contributed by atoms with Crippen LogP contribution in [0.1, 0.15) is 30.9 Å². The molecule has 2 rings (SSSR count). The molecule has 0 aromatic heterocycles. The van der Waals surface area contributed by atoms with Gasteiger partial charge in [-0.3, -0.25) is 0 Å². The van der Waals surface area contributed by atoms with Crippen molar-refractivity contribution in [3.63, 3.8) is 0 Å². The van der Waals surface area contributed by atoms with Crippen molar-refractivity contribution in [3.8, 4) is 5.75 Å². The number of ether oxygens (including phenoxy) is 2. The normalized spacial score (nSPS) is 16.2. The molecule has 0 spiro atoms. The molecule has 124 valence electrons. The summed E-state index contributed by atoms with van der Waals surface area (Å²) >= 11 is 0. The van der Waals surface area contributed by atoms with Crippen LogP contribution in [0.25, 0.3) is 0 Å². The molecule has 0 saturated carbocycles. The highest BCUT2D eigenvalue weighted by Gasteiger charge is 2.14. The van der Waals surface area contributed by atoms with Crippen molar-refractivity contribution in [2.75, 3.05) is 52.5 Å². The van der Waals surface area contributed by atoms with Crippen LogP contribution in [0.2, 0.25) is 0 Å². The second kappa shape index (κ2) is 9.13. The van der Waals surface area contributed by atoms with Gasteiger partial charge < -0.3 is 19.7 Å². The van der Waals surface area contributed by atoms with E-state index in [0.29, 0.717) is 19.1 Å². The Balaban J connectivity index is 1.65. The van der Waals surface area contributed by atoms with E-state index in [1.54, 1.807) is 4.90 Å². The van der Waals surface area contributed by atoms with Gasteiger partial charge in [0, 0.05) is 0 Å². The molecule has 22 heavy (non-hydrogen) atoms. The van der Waals surface area contributed by atoms with Crippen molar-refractivity contribution >= 4 is 0 Å². The van der Waals surface area contributed by atoms with E-state index >= 15 is 0 Å². The van der Waals surface area contributed by atoms with E-state index in [2.05, 4.69) is 44.3 Å². The summed E-state index contributed by atoms with van der Waals surface area (Å²) in [7, 11) is 0. The second-order valence-electron chi connectivity index (χ2n) is 6.52. The Hall–Kier alpha value is -1.10. The van der Waals surface area contributed by atoms with Gasteiger partial charge in [0.15, 0.2) is 0 Å². The number of hydrogen-bond acceptors (Lipinski definition) is 2. The first-order chi connectivity index (χ1) is 10.7. The molecule has 3 N–H and O–H groups in total. The predicted octanol–water partition coefficient (Wildman–Crippen LogP) is -0.0243. The Bertz CT molecular complexity index is 443. The van der Waals surface area contributed by atoms with E-state index < -0.39 is 0 Å². The van der Waals surface area contributed by atoms with Gasteiger partial charge >= 0.3 is 0 Å². The largest absolute Gasteiger partial charge is 0.491 e. The van der Waals surface area contributed by atoms with E-state index in [0.717, 1.165) is 18.9 Å². The molecule has 1 aliphatic rings. The van der Waals surface area contributed by atoms with Crippen LogP contribution in [0.4, 0.5) is 0 Å². The molecule has 0 atom stereocenters. The van der Waals surface area contributed by atoms with Crippen molar-refractivity contribution in [1.82, 2.24) is 0 Å². The molecule has 4 nitrogen and oxygen atoms in total. The molecule has 0 aliphatic carbocycles. The van der Waals surface area contributed by atoms with E-state index in [9.17, 15) is 0 Å². The standard InChI is InChI=1S/C18H30N2O2/c1-15(2)17-5-4-16(3)14-18(17)22-13-12-21-11-10-20-8-6-19-7-9-20/h4-5,14-15,19H,6-13H2,1-3H3/p+2. The number of nitrogens with one attached hydrogen (secondary N) is 1. The van der Waals surface area contributed by atoms with Crippen molar-refractivity contribution < 1.29 is 19.7 Å². The van der Waals surface area contributed by atoms with Crippen molar-refractivity contribution in [2.24, 2.45) is 0 Å². The number of quaternary nitrogens is 2. The van der Waals surface area contributed by atoms with Gasteiger partial charge in [-0.05, 0) is 30.0 Å². The first-order valence-corrected chi connectivity index (χ1v) is 8.63. The zero-order chi connectivity index (χ0) is 15.8. The van der Waals surface area contributed by atoms with Gasteiger partial charge in [-0.25, -0.2) is 0 Å². The summed E-state index contributed by atoms with van der Waals surface area (Å²) in [5.74, 6) is 1.49. The topological polar surface area (TPSA) is 39.5 Å². The van der Waals surface area contributed by atoms with Gasteiger partial charge in [0.2, 0.25) is 0 Å². The van der Waals surface area contributed by atoms with Gasteiger partial charge in [-0.15, -0.1) is 0 Å². The van der Waals surface area contributed by atoms with Gasteiger partial charge in [-0.1, -0.05) is 26.0 Å². The van der Waals surface area contributed by atoms with E-state index in [-0.39, 0.29) is 0 Å². The quantitative estimate of drug-likeness (QED) is 0.663. The van der Waals surface area contributed by atoms with Crippen LogP contribution in [0, 0.1) is 6.92 Å². The second-order valence-corrected chi connectivity index (χ2v) is 6.52. The van der Waals surface area contributed by atoms with E-state index in [1.807, 2.05) is 0 Å². The average molecular weight is 308 g/mol. The monoisotopic (exact) mass is 308 g/mol. The molecule has 0 unspecified atom stereocenters. The van der Waals surface area contributed by atoms with Gasteiger partial charge in [0.1, 0.15) is 45.1 Å². The molecular weight excluding hydrogens is 276 g/mol. The number of nitrogens with two attached hydrogens (primary N) is 1. The third kappa shape index (κ3) is 5.59. The van der Waals surface area contributed by atoms with Gasteiger partial charge in [-0.2, -0.15) is 0 Å². The predicted molar refractivity (Wildman–Crippen MR) is 88.8 cm³/mol. The third-order valence-corrected chi connectivity index (χ3v) is 4.28. The molecule has 1 saturated heterocycles. The van der Waals surface area contributed by atoms with Crippen LogP contribution in [-0.2, 0) is 4.74 Å². The fraction of sp³-hybridized carbons (Fsp3) is 0.667. The molecule has 4 heteroatoms. The van der Waals surface area contributed by atoms with Crippen LogP contribution in [-0.4, -0.2) is 52.5 Å². The lowest BCUT2D eigenvalue weighted by Gasteiger charge is -2.22. The third-order valence-electron chi connectivity index (χ3n) is 4.28. The first kappa shape index (κ1) is 17.3. The smallest absolute Gasteiger partial charge is 0.127 e. The maximum absolute atomic E-state index is 5.93. The SMILES string of the molecule is Cc1ccc(C(C)C)c(OCCOCC[NH+]2CC[NH2+]CC2)c1. The Morgan fingerprint density at radius 3 is 2.64 bits per heavy atom. The number of hydrogen-bond donors (Lipinski definition) is 2. The molecule has 0 bridgehead atoms. The average Bonchev–Trinajstić information content (AvgIpc) is 2.51. The van der Waals surface area contributed by atoms with Crippen LogP contribution in [0.5, 0.6) is 5.75 Å². The lowest BCUT2D eigenvalue weighted by molar-refractivity contribution is -0.947. The van der Waals surface area contributed by atoms with E-state index in [4.69, 9.17) is 9.47 Å². The molecule has 1 aromatic carbocycles. The van der Waals surface area contributed by atoms with Crippen LogP contribution >= 0.6 is 0 Å². The number of piperazine rings is 1. The Morgan fingerprint density at radius 1 is 1.14 bits per heavy atom. The molecule has 1 fully saturated rings. The highest BCUT2D eigenvalue weighted by atomic mass is 16.5. The van der Waals surface area contributed by atoms with Crippen molar-refractivity contribution in [1.29, 1.82) is 0 Å². The van der Waals surface area contributed by atoms with Gasteiger partial charge in [0.05, 0.1) is 13.2 Å². The fourth-order valence-electron chi connectivity index (χ4n) is 2.90. The summed E-state index contributed by atoms with van der Waals surface area (Å²) in [6.45, 7) is 14.8. The summed E-state index contributed by atoms with van der Waals surface area (Å²) in [4.78, 5) is 1.67. The number of rotatable bonds is 8. The van der Waals surface area contributed by atoms with Crippen molar-refractivity contribution in [3.05, 3.63) is 29.3 Å².